The Balaban J connectivity index is 1.70. The van der Waals surface area contributed by atoms with Crippen molar-refractivity contribution in [1.82, 2.24) is 15.6 Å². The number of guanidine groups is 1. The van der Waals surface area contributed by atoms with Crippen molar-refractivity contribution in [3.8, 4) is 5.75 Å². The van der Waals surface area contributed by atoms with Crippen molar-refractivity contribution in [2.24, 2.45) is 4.99 Å². The maximum Gasteiger partial charge on any atom is 0.191 e. The van der Waals surface area contributed by atoms with Crippen molar-refractivity contribution in [2.75, 3.05) is 20.2 Å². The summed E-state index contributed by atoms with van der Waals surface area (Å²) in [5.74, 6) is 1.67. The largest absolute Gasteiger partial charge is 0.489 e. The molecule has 2 N–H and O–H groups in total. The molecule has 140 valence electrons. The molecule has 2 aromatic rings. The molecule has 26 heavy (non-hydrogen) atoms. The summed E-state index contributed by atoms with van der Waals surface area (Å²) in [6.45, 7) is 7.78. The van der Waals surface area contributed by atoms with E-state index in [-0.39, 0.29) is 0 Å². The fraction of sp³-hybridized carbons (Fsp3) is 0.400. The van der Waals surface area contributed by atoms with E-state index in [9.17, 15) is 0 Å². The molecular formula is C20H28N4OS. The number of ether oxygens (including phenoxy) is 1. The van der Waals surface area contributed by atoms with Gasteiger partial charge >= 0.3 is 0 Å². The van der Waals surface area contributed by atoms with E-state index in [4.69, 9.17) is 4.74 Å². The number of unbranched alkanes of at least 4 members (excludes halogenated alkanes) is 1. The Morgan fingerprint density at radius 1 is 1.31 bits per heavy atom. The van der Waals surface area contributed by atoms with Gasteiger partial charge in [-0.2, -0.15) is 0 Å². The number of aliphatic imine (C=N–C) groups is 1. The highest BCUT2D eigenvalue weighted by Gasteiger charge is 2.04. The number of thiazole rings is 1. The molecule has 6 heteroatoms. The Bertz CT molecular complexity index is 711. The van der Waals surface area contributed by atoms with Crippen LogP contribution < -0.4 is 15.4 Å². The van der Waals surface area contributed by atoms with Crippen molar-refractivity contribution in [2.45, 2.75) is 32.7 Å². The number of aryl methyl sites for hydroxylation is 2. The zero-order chi connectivity index (χ0) is 18.6. The van der Waals surface area contributed by atoms with E-state index in [1.54, 1.807) is 24.5 Å². The molecule has 0 radical (unpaired) electrons. The smallest absolute Gasteiger partial charge is 0.191 e. The molecule has 1 aromatic carbocycles. The normalized spacial score (nSPS) is 11.2. The van der Waals surface area contributed by atoms with Crippen molar-refractivity contribution in [1.29, 1.82) is 0 Å². The third-order valence-electron chi connectivity index (χ3n) is 3.78. The second kappa shape index (κ2) is 11.3. The van der Waals surface area contributed by atoms with Gasteiger partial charge in [0.05, 0.1) is 5.01 Å². The van der Waals surface area contributed by atoms with Gasteiger partial charge in [-0.15, -0.1) is 11.3 Å². The average molecular weight is 373 g/mol. The first-order valence-corrected chi connectivity index (χ1v) is 9.78. The van der Waals surface area contributed by atoms with E-state index < -0.39 is 0 Å². The summed E-state index contributed by atoms with van der Waals surface area (Å²) in [5, 5.41) is 10.0. The molecule has 5 nitrogen and oxygen atoms in total. The number of rotatable bonds is 10. The van der Waals surface area contributed by atoms with Crippen molar-refractivity contribution < 1.29 is 4.74 Å². The molecule has 0 atom stereocenters. The summed E-state index contributed by atoms with van der Waals surface area (Å²) in [5.41, 5.74) is 2.21. The van der Waals surface area contributed by atoms with Crippen LogP contribution in [-0.4, -0.2) is 31.1 Å². The van der Waals surface area contributed by atoms with Crippen LogP contribution in [0.1, 0.15) is 29.1 Å². The lowest BCUT2D eigenvalue weighted by molar-refractivity contribution is 0.358. The minimum atomic E-state index is 0.503. The molecule has 0 saturated heterocycles. The lowest BCUT2D eigenvalue weighted by Crippen LogP contribution is -2.37. The van der Waals surface area contributed by atoms with Gasteiger partial charge in [-0.1, -0.05) is 30.9 Å². The maximum absolute atomic E-state index is 5.69. The molecular weight excluding hydrogens is 344 g/mol. The number of hydrogen-bond donors (Lipinski definition) is 2. The Hall–Kier alpha value is -2.34. The number of para-hydroxylation sites is 1. The Morgan fingerprint density at radius 2 is 2.15 bits per heavy atom. The molecule has 1 heterocycles. The van der Waals surface area contributed by atoms with E-state index in [1.165, 1.54) is 5.01 Å². The third-order valence-corrected chi connectivity index (χ3v) is 4.80. The second-order valence-electron chi connectivity index (χ2n) is 5.90. The molecule has 1 aromatic heterocycles. The summed E-state index contributed by atoms with van der Waals surface area (Å²) < 4.78 is 5.69. The predicted molar refractivity (Wildman–Crippen MR) is 110 cm³/mol. The van der Waals surface area contributed by atoms with Crippen LogP contribution >= 0.6 is 11.3 Å². The Labute approximate surface area is 160 Å². The van der Waals surface area contributed by atoms with Gasteiger partial charge in [0.2, 0.25) is 0 Å². The molecule has 0 fully saturated rings. The van der Waals surface area contributed by atoms with E-state index in [0.29, 0.717) is 13.2 Å². The van der Waals surface area contributed by atoms with Crippen molar-refractivity contribution in [3.05, 3.63) is 58.6 Å². The summed E-state index contributed by atoms with van der Waals surface area (Å²) in [6, 6.07) is 8.00. The summed E-state index contributed by atoms with van der Waals surface area (Å²) in [7, 11) is 1.79. The molecule has 0 spiro atoms. The second-order valence-corrected chi connectivity index (χ2v) is 6.84. The SMILES string of the molecule is C=CCOc1ccccc1CNC(=NC)NCCCCc1nc(C)cs1. The zero-order valence-corrected chi connectivity index (χ0v) is 16.4. The highest BCUT2D eigenvalue weighted by Crippen LogP contribution is 2.17. The van der Waals surface area contributed by atoms with Crippen LogP contribution in [-0.2, 0) is 13.0 Å². The lowest BCUT2D eigenvalue weighted by atomic mass is 10.2. The molecule has 0 saturated carbocycles. The number of aromatic nitrogens is 1. The molecule has 0 aliphatic carbocycles. The number of nitrogens with one attached hydrogen (secondary N) is 2. The Morgan fingerprint density at radius 3 is 2.88 bits per heavy atom. The first-order valence-electron chi connectivity index (χ1n) is 8.90. The van der Waals surface area contributed by atoms with Crippen molar-refractivity contribution >= 4 is 17.3 Å². The average Bonchev–Trinajstić information content (AvgIpc) is 3.08. The molecule has 0 aliphatic rings. The van der Waals surface area contributed by atoms with Crippen LogP contribution in [0.2, 0.25) is 0 Å². The minimum Gasteiger partial charge on any atom is -0.489 e. The molecule has 0 unspecified atom stereocenters. The van der Waals surface area contributed by atoms with Gasteiger partial charge in [-0.3, -0.25) is 4.99 Å². The van der Waals surface area contributed by atoms with Crippen LogP contribution in [0.5, 0.6) is 5.75 Å². The summed E-state index contributed by atoms with van der Waals surface area (Å²) in [4.78, 5) is 8.78. The molecule has 2 rings (SSSR count). The van der Waals surface area contributed by atoms with E-state index in [1.807, 2.05) is 25.1 Å². The number of hydrogen-bond acceptors (Lipinski definition) is 4. The van der Waals surface area contributed by atoms with E-state index in [2.05, 4.69) is 38.6 Å². The summed E-state index contributed by atoms with van der Waals surface area (Å²) in [6.07, 6.45) is 4.99. The highest BCUT2D eigenvalue weighted by atomic mass is 32.1. The van der Waals surface area contributed by atoms with Crippen LogP contribution in [0.3, 0.4) is 0 Å². The van der Waals surface area contributed by atoms with Crippen LogP contribution in [0.25, 0.3) is 0 Å². The fourth-order valence-corrected chi connectivity index (χ4v) is 3.28. The highest BCUT2D eigenvalue weighted by molar-refractivity contribution is 7.09. The third kappa shape index (κ3) is 6.88. The maximum atomic E-state index is 5.69. The predicted octanol–water partition coefficient (Wildman–Crippen LogP) is 3.70. The minimum absolute atomic E-state index is 0.503. The molecule has 0 aliphatic heterocycles. The first-order chi connectivity index (χ1) is 12.7. The monoisotopic (exact) mass is 372 g/mol. The lowest BCUT2D eigenvalue weighted by Gasteiger charge is -2.14. The standard InChI is InChI=1S/C20H28N4OS/c1-4-13-25-18-10-6-5-9-17(18)14-23-20(21-3)22-12-8-7-11-19-24-16(2)15-26-19/h4-6,9-10,15H,1,7-8,11-14H2,2-3H3,(H2,21,22,23). The van der Waals surface area contributed by atoms with Gasteiger partial charge in [-0.05, 0) is 32.3 Å². The van der Waals surface area contributed by atoms with Crippen LogP contribution in [0, 0.1) is 6.92 Å². The van der Waals surface area contributed by atoms with Gasteiger partial charge in [0.1, 0.15) is 12.4 Å². The molecule has 0 bridgehead atoms. The van der Waals surface area contributed by atoms with Crippen LogP contribution in [0.4, 0.5) is 0 Å². The number of benzene rings is 1. The van der Waals surface area contributed by atoms with E-state index in [0.717, 1.165) is 48.8 Å². The first kappa shape index (κ1) is 20.0. The zero-order valence-electron chi connectivity index (χ0n) is 15.6. The quantitative estimate of drug-likeness (QED) is 0.289. The van der Waals surface area contributed by atoms with Gasteiger partial charge in [-0.25, -0.2) is 4.98 Å². The number of nitrogens with zero attached hydrogens (tertiary/aromatic N) is 2. The fourth-order valence-electron chi connectivity index (χ4n) is 2.46. The van der Waals surface area contributed by atoms with Gasteiger partial charge < -0.3 is 15.4 Å². The van der Waals surface area contributed by atoms with Gasteiger partial charge in [0.25, 0.3) is 0 Å². The van der Waals surface area contributed by atoms with Gasteiger partial charge in [0.15, 0.2) is 5.96 Å². The van der Waals surface area contributed by atoms with E-state index >= 15 is 0 Å². The topological polar surface area (TPSA) is 58.5 Å². The summed E-state index contributed by atoms with van der Waals surface area (Å²) >= 11 is 1.75. The Kier molecular flexibility index (Phi) is 8.69. The van der Waals surface area contributed by atoms with Crippen molar-refractivity contribution in [3.63, 3.8) is 0 Å². The van der Waals surface area contributed by atoms with Crippen LogP contribution in [0.15, 0.2) is 47.3 Å². The van der Waals surface area contributed by atoms with Gasteiger partial charge in [0, 0.05) is 36.8 Å². The molecule has 0 amide bonds.